The number of sulfone groups is 1. The van der Waals surface area contributed by atoms with Crippen molar-refractivity contribution in [2.45, 2.75) is 37.4 Å². The van der Waals surface area contributed by atoms with Crippen LogP contribution in [0, 0.1) is 5.92 Å². The zero-order valence-corrected chi connectivity index (χ0v) is 23.8. The predicted octanol–water partition coefficient (Wildman–Crippen LogP) is 2.76. The monoisotopic (exact) mass is 616 g/mol. The van der Waals surface area contributed by atoms with Gasteiger partial charge in [-0.1, -0.05) is 6.07 Å². The highest BCUT2D eigenvalue weighted by Crippen LogP contribution is 2.44. The number of fused-ring (bicyclic) bond motifs is 3. The molecule has 1 saturated heterocycles. The topological polar surface area (TPSA) is 145 Å². The van der Waals surface area contributed by atoms with Gasteiger partial charge in [-0.3, -0.25) is 14.6 Å². The molecule has 1 unspecified atom stereocenters. The van der Waals surface area contributed by atoms with Crippen molar-refractivity contribution >= 4 is 33.7 Å². The number of aliphatic imine (C=N–C) groups is 1. The van der Waals surface area contributed by atoms with Gasteiger partial charge in [-0.25, -0.2) is 13.4 Å². The van der Waals surface area contributed by atoms with Crippen LogP contribution in [0.2, 0.25) is 0 Å². The van der Waals surface area contributed by atoms with Crippen LogP contribution in [0.25, 0.3) is 5.82 Å². The molecule has 11 nitrogen and oxygen atoms in total. The van der Waals surface area contributed by atoms with Gasteiger partial charge in [0.15, 0.2) is 28.1 Å². The normalized spacial score (nSPS) is 22.4. The molecule has 0 saturated carbocycles. The summed E-state index contributed by atoms with van der Waals surface area (Å²) in [6.45, 7) is -1.41. The van der Waals surface area contributed by atoms with Gasteiger partial charge in [-0.15, -0.1) is 0 Å². The van der Waals surface area contributed by atoms with Crippen LogP contribution >= 0.6 is 0 Å². The molecule has 43 heavy (non-hydrogen) atoms. The largest absolute Gasteiger partial charge is 0.484 e. The maximum Gasteiger partial charge on any atom is 0.422 e. The summed E-state index contributed by atoms with van der Waals surface area (Å²) in [7, 11) is -1.71. The third-order valence-corrected chi connectivity index (χ3v) is 9.70. The Kier molecular flexibility index (Phi) is 7.02. The highest BCUT2D eigenvalue weighted by molar-refractivity contribution is 7.91. The number of aryl methyl sites for hydroxylation is 1. The van der Waals surface area contributed by atoms with Crippen molar-refractivity contribution in [3.8, 4) is 11.6 Å². The van der Waals surface area contributed by atoms with Crippen molar-refractivity contribution in [1.82, 2.24) is 20.1 Å². The number of nitrogens with zero attached hydrogens (tertiary/aromatic N) is 4. The van der Waals surface area contributed by atoms with E-state index in [9.17, 15) is 31.2 Å². The number of rotatable bonds is 6. The van der Waals surface area contributed by atoms with E-state index in [1.807, 2.05) is 0 Å². The van der Waals surface area contributed by atoms with Crippen LogP contribution in [0.5, 0.6) is 5.75 Å². The maximum absolute atomic E-state index is 13.7. The number of carbonyl (C=O) groups is 2. The summed E-state index contributed by atoms with van der Waals surface area (Å²) in [6, 6.07) is 8.08. The lowest BCUT2D eigenvalue weighted by Gasteiger charge is -2.35. The molecule has 2 aliphatic heterocycles. The molecule has 0 bridgehead atoms. The van der Waals surface area contributed by atoms with Gasteiger partial charge in [0, 0.05) is 31.4 Å². The number of carbonyl (C=O) groups excluding carboxylic acids is 2. The van der Waals surface area contributed by atoms with Gasteiger partial charge in [0.05, 0.1) is 28.7 Å². The first kappa shape index (κ1) is 28.8. The minimum atomic E-state index is -4.47. The lowest BCUT2D eigenvalue weighted by Crippen LogP contribution is -2.50. The average Bonchev–Trinajstić information content (AvgIpc) is 3.61. The van der Waals surface area contributed by atoms with Crippen molar-refractivity contribution < 1.29 is 35.9 Å². The Morgan fingerprint density at radius 3 is 2.79 bits per heavy atom. The summed E-state index contributed by atoms with van der Waals surface area (Å²) in [5.41, 5.74) is 1.90. The van der Waals surface area contributed by atoms with Gasteiger partial charge in [0.1, 0.15) is 11.3 Å². The van der Waals surface area contributed by atoms with E-state index in [0.717, 1.165) is 16.7 Å². The SMILES string of the molecule is CN=Cc1ccc(-n2nc3c(c2NC(=O)C2CCS(=O)(=O)C2)C(=O)N[C@@]2(CCc4cc(OCC(F)(F)F)ccc42)C3)nc1. The number of aromatic nitrogens is 3. The Morgan fingerprint density at radius 2 is 2.12 bits per heavy atom. The number of alkyl halides is 3. The minimum Gasteiger partial charge on any atom is -0.484 e. The Labute approximate surface area is 244 Å². The number of benzene rings is 1. The first-order valence-corrected chi connectivity index (χ1v) is 15.4. The molecular weight excluding hydrogens is 589 g/mol. The van der Waals surface area contributed by atoms with E-state index >= 15 is 0 Å². The van der Waals surface area contributed by atoms with Crippen LogP contribution in [0.1, 0.15) is 45.6 Å². The smallest absolute Gasteiger partial charge is 0.422 e. The molecule has 1 fully saturated rings. The summed E-state index contributed by atoms with van der Waals surface area (Å²) in [4.78, 5) is 35.4. The van der Waals surface area contributed by atoms with Crippen molar-refractivity contribution in [1.29, 1.82) is 0 Å². The fraction of sp³-hybridized carbons (Fsp3) is 0.393. The van der Waals surface area contributed by atoms with Crippen LogP contribution in [-0.4, -0.2) is 72.5 Å². The second-order valence-corrected chi connectivity index (χ2v) is 13.2. The van der Waals surface area contributed by atoms with Gasteiger partial charge < -0.3 is 15.4 Å². The molecule has 6 rings (SSSR count). The third-order valence-electron chi connectivity index (χ3n) is 7.93. The first-order valence-electron chi connectivity index (χ1n) is 13.5. The third kappa shape index (κ3) is 5.60. The van der Waals surface area contributed by atoms with Gasteiger partial charge >= 0.3 is 6.18 Å². The van der Waals surface area contributed by atoms with Crippen molar-refractivity contribution in [3.63, 3.8) is 0 Å². The number of amides is 2. The molecule has 4 heterocycles. The number of anilines is 1. The maximum atomic E-state index is 13.7. The number of ether oxygens (including phenoxy) is 1. The zero-order valence-electron chi connectivity index (χ0n) is 22.9. The summed E-state index contributed by atoms with van der Waals surface area (Å²) < 4.78 is 68.3. The molecule has 2 atom stereocenters. The molecular formula is C28H27F3N6O5S. The van der Waals surface area contributed by atoms with Gasteiger partial charge in [-0.2, -0.15) is 23.0 Å². The Hall–Kier alpha value is -4.27. The molecule has 1 aliphatic carbocycles. The Morgan fingerprint density at radius 1 is 1.30 bits per heavy atom. The number of nitrogens with one attached hydrogen (secondary N) is 2. The first-order chi connectivity index (χ1) is 20.4. The molecule has 15 heteroatoms. The van der Waals surface area contributed by atoms with E-state index in [4.69, 9.17) is 9.84 Å². The molecule has 3 aliphatic rings. The fourth-order valence-corrected chi connectivity index (χ4v) is 7.72. The van der Waals surface area contributed by atoms with E-state index in [1.54, 1.807) is 43.7 Å². The summed E-state index contributed by atoms with van der Waals surface area (Å²) in [6.07, 6.45) is 0.107. The van der Waals surface area contributed by atoms with E-state index in [1.165, 1.54) is 10.7 Å². The molecule has 0 radical (unpaired) electrons. The van der Waals surface area contributed by atoms with E-state index in [-0.39, 0.29) is 41.5 Å². The van der Waals surface area contributed by atoms with Crippen molar-refractivity contribution in [2.24, 2.45) is 10.9 Å². The van der Waals surface area contributed by atoms with E-state index in [0.29, 0.717) is 24.4 Å². The average molecular weight is 617 g/mol. The number of pyridine rings is 1. The molecule has 2 N–H and O–H groups in total. The minimum absolute atomic E-state index is 0.0789. The lowest BCUT2D eigenvalue weighted by atomic mass is 9.82. The van der Waals surface area contributed by atoms with E-state index < -0.39 is 45.9 Å². The molecule has 1 aromatic carbocycles. The number of hydrogen-bond acceptors (Lipinski definition) is 8. The zero-order chi connectivity index (χ0) is 30.6. The van der Waals surface area contributed by atoms with Crippen LogP contribution < -0.4 is 15.4 Å². The quantitative estimate of drug-likeness (QED) is 0.405. The number of halogens is 3. The van der Waals surface area contributed by atoms with Gasteiger partial charge in [0.25, 0.3) is 5.91 Å². The molecule has 2 amide bonds. The predicted molar refractivity (Wildman–Crippen MR) is 149 cm³/mol. The van der Waals surface area contributed by atoms with E-state index in [2.05, 4.69) is 20.6 Å². The standard InChI is InChI=1S/C28H27F3N6O5S/c1-32-12-16-2-5-22(33-13-16)37-24(34-25(38)18-7-9-43(40,41)14-18)23-21(36-37)11-27(35-26(23)39)8-6-17-10-19(3-4-20(17)27)42-15-28(29,30)31/h2-5,10,12-13,18H,6-9,11,14-15H2,1H3,(H,34,38)(H,35,39)/t18?,27-/m0/s1. The van der Waals surface area contributed by atoms with Crippen LogP contribution in [-0.2, 0) is 33.0 Å². The van der Waals surface area contributed by atoms with Crippen LogP contribution in [0.4, 0.5) is 19.0 Å². The molecule has 3 aromatic rings. The van der Waals surface area contributed by atoms with Crippen molar-refractivity contribution in [2.75, 3.05) is 30.5 Å². The highest BCUT2D eigenvalue weighted by atomic mass is 32.2. The summed E-state index contributed by atoms with van der Waals surface area (Å²) in [5.74, 6) is -1.69. The van der Waals surface area contributed by atoms with Gasteiger partial charge in [0.2, 0.25) is 5.91 Å². The Bertz CT molecular complexity index is 1750. The van der Waals surface area contributed by atoms with Crippen LogP contribution in [0.3, 0.4) is 0 Å². The fourth-order valence-electron chi connectivity index (χ4n) is 5.98. The van der Waals surface area contributed by atoms with Crippen LogP contribution in [0.15, 0.2) is 41.5 Å². The van der Waals surface area contributed by atoms with Crippen molar-refractivity contribution in [3.05, 3.63) is 64.5 Å². The summed E-state index contributed by atoms with van der Waals surface area (Å²) in [5, 5.41) is 10.5. The summed E-state index contributed by atoms with van der Waals surface area (Å²) >= 11 is 0. The highest BCUT2D eigenvalue weighted by Gasteiger charge is 2.47. The van der Waals surface area contributed by atoms with Gasteiger partial charge in [-0.05, 0) is 54.7 Å². The second-order valence-electron chi connectivity index (χ2n) is 10.9. The lowest BCUT2D eigenvalue weighted by molar-refractivity contribution is -0.153. The molecule has 2 aromatic heterocycles. The number of hydrogen-bond donors (Lipinski definition) is 2. The Balaban J connectivity index is 1.36. The second kappa shape index (κ2) is 10.5. The molecule has 1 spiro atoms. The molecule has 226 valence electrons.